The van der Waals surface area contributed by atoms with E-state index in [1.807, 2.05) is 22.5 Å². The summed E-state index contributed by atoms with van der Waals surface area (Å²) in [5.74, 6) is 2.31. The van der Waals surface area contributed by atoms with Gasteiger partial charge < -0.3 is 9.30 Å². The van der Waals surface area contributed by atoms with E-state index in [2.05, 4.69) is 33.8 Å². The van der Waals surface area contributed by atoms with Crippen molar-refractivity contribution < 1.29 is 4.74 Å². The Kier molecular flexibility index (Phi) is 5.65. The molecular formula is C23H33N7O. The standard InChI is InChI=1S/C23H33N7O/c1-4-30-16(2)19(12-26-30)21-27-20-22(28(21)3)24-15-25-23(20)31-18-10-11-29(14-18)13-17-8-6-5-7-9-17/h12,15,17-18H,4-11,13-14H2,1-3H3/t18-/m0/s1. The fourth-order valence-electron chi connectivity index (χ4n) is 5.24. The first-order valence-electron chi connectivity index (χ1n) is 11.7. The van der Waals surface area contributed by atoms with Crippen LogP contribution in [0.4, 0.5) is 0 Å². The molecule has 1 saturated carbocycles. The fraction of sp³-hybridized carbons (Fsp3) is 0.652. The van der Waals surface area contributed by atoms with E-state index in [1.165, 1.54) is 38.6 Å². The highest BCUT2D eigenvalue weighted by molar-refractivity contribution is 5.81. The molecule has 166 valence electrons. The lowest BCUT2D eigenvalue weighted by Crippen LogP contribution is -2.30. The minimum absolute atomic E-state index is 0.164. The third kappa shape index (κ3) is 3.93. The number of aryl methyl sites for hydroxylation is 2. The molecule has 1 aliphatic heterocycles. The van der Waals surface area contributed by atoms with Gasteiger partial charge in [0.15, 0.2) is 11.2 Å². The highest BCUT2D eigenvalue weighted by Crippen LogP contribution is 2.30. The van der Waals surface area contributed by atoms with Crippen LogP contribution in [0.15, 0.2) is 12.5 Å². The lowest BCUT2D eigenvalue weighted by atomic mass is 9.89. The molecule has 0 unspecified atom stereocenters. The van der Waals surface area contributed by atoms with E-state index in [4.69, 9.17) is 9.72 Å². The van der Waals surface area contributed by atoms with E-state index >= 15 is 0 Å². The van der Waals surface area contributed by atoms with Gasteiger partial charge in [0.1, 0.15) is 18.3 Å². The van der Waals surface area contributed by atoms with Crippen molar-refractivity contribution in [2.24, 2.45) is 13.0 Å². The zero-order chi connectivity index (χ0) is 21.4. The fourth-order valence-corrected chi connectivity index (χ4v) is 5.24. The van der Waals surface area contributed by atoms with Crippen LogP contribution in [0.25, 0.3) is 22.6 Å². The number of fused-ring (bicyclic) bond motifs is 1. The van der Waals surface area contributed by atoms with Crippen molar-refractivity contribution in [1.82, 2.24) is 34.2 Å². The number of hydrogen-bond donors (Lipinski definition) is 0. The lowest BCUT2D eigenvalue weighted by molar-refractivity contribution is 0.178. The number of rotatable bonds is 6. The Morgan fingerprint density at radius 1 is 1.13 bits per heavy atom. The Labute approximate surface area is 183 Å². The maximum Gasteiger partial charge on any atom is 0.245 e. The first kappa shape index (κ1) is 20.4. The van der Waals surface area contributed by atoms with E-state index in [0.717, 1.165) is 60.2 Å². The second kappa shape index (κ2) is 8.57. The van der Waals surface area contributed by atoms with Crippen LogP contribution >= 0.6 is 0 Å². The summed E-state index contributed by atoms with van der Waals surface area (Å²) in [5.41, 5.74) is 3.65. The van der Waals surface area contributed by atoms with Crippen LogP contribution in [-0.2, 0) is 13.6 Å². The Bertz CT molecular complexity index is 1050. The zero-order valence-electron chi connectivity index (χ0n) is 18.9. The topological polar surface area (TPSA) is 73.9 Å². The highest BCUT2D eigenvalue weighted by Gasteiger charge is 2.28. The second-order valence-corrected chi connectivity index (χ2v) is 9.10. The normalized spacial score (nSPS) is 20.7. The van der Waals surface area contributed by atoms with Gasteiger partial charge in [-0.2, -0.15) is 10.1 Å². The predicted octanol–water partition coefficient (Wildman–Crippen LogP) is 3.59. The summed E-state index contributed by atoms with van der Waals surface area (Å²) >= 11 is 0. The van der Waals surface area contributed by atoms with Crippen LogP contribution in [0.5, 0.6) is 5.88 Å². The molecule has 31 heavy (non-hydrogen) atoms. The largest absolute Gasteiger partial charge is 0.471 e. The molecule has 1 aliphatic carbocycles. The molecule has 8 heteroatoms. The van der Waals surface area contributed by atoms with Gasteiger partial charge in [0.25, 0.3) is 0 Å². The van der Waals surface area contributed by atoms with E-state index in [9.17, 15) is 0 Å². The molecular weight excluding hydrogens is 390 g/mol. The minimum atomic E-state index is 0.164. The Morgan fingerprint density at radius 3 is 2.74 bits per heavy atom. The average Bonchev–Trinajstić information content (AvgIpc) is 3.47. The van der Waals surface area contributed by atoms with E-state index in [1.54, 1.807) is 6.33 Å². The van der Waals surface area contributed by atoms with Crippen molar-refractivity contribution in [3.8, 4) is 17.3 Å². The second-order valence-electron chi connectivity index (χ2n) is 9.10. The summed E-state index contributed by atoms with van der Waals surface area (Å²) < 4.78 is 10.4. The van der Waals surface area contributed by atoms with Crippen LogP contribution in [0, 0.1) is 12.8 Å². The number of aromatic nitrogens is 6. The molecule has 0 amide bonds. The summed E-state index contributed by atoms with van der Waals surface area (Å²) in [5, 5.41) is 4.47. The van der Waals surface area contributed by atoms with Crippen LogP contribution in [0.3, 0.4) is 0 Å². The number of imidazole rings is 1. The number of likely N-dealkylation sites (tertiary alicyclic amines) is 1. The number of ether oxygens (including phenoxy) is 1. The minimum Gasteiger partial charge on any atom is -0.471 e. The van der Waals surface area contributed by atoms with Gasteiger partial charge in [-0.3, -0.25) is 9.58 Å². The molecule has 0 aromatic carbocycles. The summed E-state index contributed by atoms with van der Waals surface area (Å²) in [6, 6.07) is 0. The van der Waals surface area contributed by atoms with Gasteiger partial charge >= 0.3 is 0 Å². The molecule has 5 rings (SSSR count). The molecule has 2 aliphatic rings. The van der Waals surface area contributed by atoms with Crippen LogP contribution in [0.2, 0.25) is 0 Å². The first-order chi connectivity index (χ1) is 15.1. The van der Waals surface area contributed by atoms with Gasteiger partial charge in [-0.1, -0.05) is 19.3 Å². The van der Waals surface area contributed by atoms with E-state index in [-0.39, 0.29) is 6.10 Å². The van der Waals surface area contributed by atoms with Crippen LogP contribution < -0.4 is 4.74 Å². The number of hydrogen-bond acceptors (Lipinski definition) is 6. The van der Waals surface area contributed by atoms with E-state index < -0.39 is 0 Å². The Balaban J connectivity index is 1.34. The maximum absolute atomic E-state index is 6.38. The third-order valence-corrected chi connectivity index (χ3v) is 7.01. The molecule has 1 atom stereocenters. The zero-order valence-corrected chi connectivity index (χ0v) is 18.9. The molecule has 0 N–H and O–H groups in total. The highest BCUT2D eigenvalue weighted by atomic mass is 16.5. The third-order valence-electron chi connectivity index (χ3n) is 7.01. The van der Waals surface area contributed by atoms with E-state index in [0.29, 0.717) is 5.88 Å². The van der Waals surface area contributed by atoms with Crippen molar-refractivity contribution in [1.29, 1.82) is 0 Å². The lowest BCUT2D eigenvalue weighted by Gasteiger charge is -2.26. The van der Waals surface area contributed by atoms with Crippen LogP contribution in [-0.4, -0.2) is 59.9 Å². The quantitative estimate of drug-likeness (QED) is 0.603. The smallest absolute Gasteiger partial charge is 0.245 e. The van der Waals surface area contributed by atoms with Gasteiger partial charge in [-0.05, 0) is 39.0 Å². The molecule has 1 saturated heterocycles. The Hall–Kier alpha value is -2.48. The van der Waals surface area contributed by atoms with Crippen molar-refractivity contribution in [2.45, 2.75) is 65.0 Å². The van der Waals surface area contributed by atoms with Gasteiger partial charge in [0.2, 0.25) is 5.88 Å². The summed E-state index contributed by atoms with van der Waals surface area (Å²) in [6.45, 7) is 8.31. The summed E-state index contributed by atoms with van der Waals surface area (Å²) in [7, 11) is 1.99. The summed E-state index contributed by atoms with van der Waals surface area (Å²) in [4.78, 5) is 16.4. The first-order valence-corrected chi connectivity index (χ1v) is 11.7. The molecule has 3 aromatic rings. The molecule has 0 radical (unpaired) electrons. The molecule has 4 heterocycles. The maximum atomic E-state index is 6.38. The van der Waals surface area contributed by atoms with Crippen molar-refractivity contribution >= 4 is 11.2 Å². The molecule has 0 spiro atoms. The Morgan fingerprint density at radius 2 is 1.97 bits per heavy atom. The van der Waals surface area contributed by atoms with Gasteiger partial charge in [-0.25, -0.2) is 9.97 Å². The average molecular weight is 424 g/mol. The van der Waals surface area contributed by atoms with Crippen molar-refractivity contribution in [2.75, 3.05) is 19.6 Å². The van der Waals surface area contributed by atoms with Crippen LogP contribution in [0.1, 0.15) is 51.1 Å². The van der Waals surface area contributed by atoms with Gasteiger partial charge in [0.05, 0.1) is 11.8 Å². The monoisotopic (exact) mass is 423 g/mol. The molecule has 8 nitrogen and oxygen atoms in total. The predicted molar refractivity (Wildman–Crippen MR) is 120 cm³/mol. The van der Waals surface area contributed by atoms with Crippen molar-refractivity contribution in [3.63, 3.8) is 0 Å². The molecule has 0 bridgehead atoms. The van der Waals surface area contributed by atoms with Gasteiger partial charge in [0, 0.05) is 38.9 Å². The SMILES string of the molecule is CCn1ncc(-c2nc3c(O[C@H]4CCN(CC5CCCCC5)C4)ncnc3n2C)c1C. The summed E-state index contributed by atoms with van der Waals surface area (Å²) in [6.07, 6.45) is 11.7. The van der Waals surface area contributed by atoms with Gasteiger partial charge in [-0.15, -0.1) is 0 Å². The molecule has 2 fully saturated rings. The molecule has 3 aromatic heterocycles. The van der Waals surface area contributed by atoms with Crippen molar-refractivity contribution in [3.05, 3.63) is 18.2 Å². The number of nitrogens with zero attached hydrogens (tertiary/aromatic N) is 7.